The van der Waals surface area contributed by atoms with Crippen LogP contribution in [-0.2, 0) is 9.59 Å². The third kappa shape index (κ3) is 3.54. The first kappa shape index (κ1) is 16.0. The molecule has 3 N–H and O–H groups in total. The Bertz CT molecular complexity index is 789. The van der Waals surface area contributed by atoms with Gasteiger partial charge in [0.25, 0.3) is 11.8 Å². The molecule has 7 nitrogen and oxygen atoms in total. The Labute approximate surface area is 142 Å². The summed E-state index contributed by atoms with van der Waals surface area (Å²) in [5, 5.41) is 9.71. The van der Waals surface area contributed by atoms with Crippen LogP contribution < -0.4 is 20.7 Å². The summed E-state index contributed by atoms with van der Waals surface area (Å²) in [6.07, 6.45) is -0.551. The van der Waals surface area contributed by atoms with Crippen molar-refractivity contribution >= 4 is 40.4 Å². The molecule has 2 heterocycles. The third-order valence-electron chi connectivity index (χ3n) is 3.35. The van der Waals surface area contributed by atoms with Crippen molar-refractivity contribution < 1.29 is 19.1 Å². The summed E-state index contributed by atoms with van der Waals surface area (Å²) in [6.45, 7) is 1.51. The molecule has 1 atom stereocenters. The number of anilines is 2. The minimum atomic E-state index is -0.551. The second-order valence-electron chi connectivity index (χ2n) is 5.17. The largest absolute Gasteiger partial charge is 0.479 e. The fraction of sp³-hybridized carbons (Fsp3) is 0.188. The van der Waals surface area contributed by atoms with Gasteiger partial charge in [-0.25, -0.2) is 0 Å². The molecule has 1 aliphatic heterocycles. The van der Waals surface area contributed by atoms with Crippen molar-refractivity contribution in [1.29, 1.82) is 0 Å². The first-order valence-electron chi connectivity index (χ1n) is 7.26. The van der Waals surface area contributed by atoms with Gasteiger partial charge in [0.15, 0.2) is 6.10 Å². The number of rotatable bonds is 4. The second kappa shape index (κ2) is 6.71. The van der Waals surface area contributed by atoms with Crippen LogP contribution in [0.25, 0.3) is 0 Å². The highest BCUT2D eigenvalue weighted by Gasteiger charge is 2.23. The summed E-state index contributed by atoms with van der Waals surface area (Å²) in [5.41, 5.74) is 1.00. The normalized spacial score (nSPS) is 15.7. The van der Waals surface area contributed by atoms with E-state index >= 15 is 0 Å². The number of hydrogen-bond donors (Lipinski definition) is 3. The standard InChI is InChI=1S/C16H15N3O4S/c1-9-15(21)19-11-7-10(4-5-12(11)23-9)18-14(20)8-17-16(22)13-3-2-6-24-13/h2-7,9H,8H2,1H3,(H,17,22)(H,18,20)(H,19,21)/t9-/m0/s1. The quantitative estimate of drug-likeness (QED) is 0.788. The molecular formula is C16H15N3O4S. The van der Waals surface area contributed by atoms with Gasteiger partial charge in [-0.2, -0.15) is 0 Å². The molecule has 0 aliphatic carbocycles. The highest BCUT2D eigenvalue weighted by molar-refractivity contribution is 7.12. The maximum atomic E-state index is 11.9. The van der Waals surface area contributed by atoms with E-state index in [1.54, 1.807) is 42.6 Å². The Kier molecular flexibility index (Phi) is 4.48. The van der Waals surface area contributed by atoms with Crippen molar-refractivity contribution in [1.82, 2.24) is 5.32 Å². The van der Waals surface area contributed by atoms with Gasteiger partial charge >= 0.3 is 0 Å². The number of fused-ring (bicyclic) bond motifs is 1. The Morgan fingerprint density at radius 2 is 2.17 bits per heavy atom. The highest BCUT2D eigenvalue weighted by Crippen LogP contribution is 2.32. The molecule has 1 aromatic carbocycles. The fourth-order valence-electron chi connectivity index (χ4n) is 2.15. The van der Waals surface area contributed by atoms with Crippen LogP contribution in [0.2, 0.25) is 0 Å². The van der Waals surface area contributed by atoms with Crippen LogP contribution >= 0.6 is 11.3 Å². The maximum absolute atomic E-state index is 11.9. The number of hydrogen-bond acceptors (Lipinski definition) is 5. The molecule has 124 valence electrons. The SMILES string of the molecule is C[C@@H]1Oc2ccc(NC(=O)CNC(=O)c3cccs3)cc2NC1=O. The van der Waals surface area contributed by atoms with Crippen LogP contribution in [0.1, 0.15) is 16.6 Å². The molecule has 0 bridgehead atoms. The Morgan fingerprint density at radius 1 is 1.33 bits per heavy atom. The first-order chi connectivity index (χ1) is 11.5. The van der Waals surface area contributed by atoms with E-state index in [9.17, 15) is 14.4 Å². The van der Waals surface area contributed by atoms with Crippen LogP contribution in [-0.4, -0.2) is 30.4 Å². The van der Waals surface area contributed by atoms with Crippen molar-refractivity contribution in [2.45, 2.75) is 13.0 Å². The molecule has 0 saturated carbocycles. The molecule has 8 heteroatoms. The molecule has 0 unspecified atom stereocenters. The number of thiophene rings is 1. The van der Waals surface area contributed by atoms with E-state index in [-0.39, 0.29) is 24.3 Å². The fourth-order valence-corrected chi connectivity index (χ4v) is 2.79. The Morgan fingerprint density at radius 3 is 2.92 bits per heavy atom. The van der Waals surface area contributed by atoms with Crippen LogP contribution in [0.15, 0.2) is 35.7 Å². The average Bonchev–Trinajstić information content (AvgIpc) is 3.08. The van der Waals surface area contributed by atoms with E-state index in [0.717, 1.165) is 0 Å². The zero-order valence-corrected chi connectivity index (χ0v) is 13.6. The lowest BCUT2D eigenvalue weighted by atomic mass is 10.2. The number of carbonyl (C=O) groups is 3. The Balaban J connectivity index is 1.58. The molecule has 0 fully saturated rings. The van der Waals surface area contributed by atoms with Gasteiger partial charge in [0.2, 0.25) is 5.91 Å². The molecule has 3 rings (SSSR count). The molecule has 2 aromatic rings. The average molecular weight is 345 g/mol. The summed E-state index contributed by atoms with van der Waals surface area (Å²) in [4.78, 5) is 35.9. The molecule has 3 amide bonds. The first-order valence-corrected chi connectivity index (χ1v) is 8.14. The summed E-state index contributed by atoms with van der Waals surface area (Å²) < 4.78 is 5.44. The van der Waals surface area contributed by atoms with E-state index in [0.29, 0.717) is 22.0 Å². The predicted octanol–water partition coefficient (Wildman–Crippen LogP) is 1.84. The van der Waals surface area contributed by atoms with E-state index in [1.165, 1.54) is 11.3 Å². The maximum Gasteiger partial charge on any atom is 0.265 e. The molecule has 0 radical (unpaired) electrons. The lowest BCUT2D eigenvalue weighted by Gasteiger charge is -2.23. The van der Waals surface area contributed by atoms with Gasteiger partial charge in [0, 0.05) is 5.69 Å². The number of amides is 3. The van der Waals surface area contributed by atoms with Gasteiger partial charge in [0.1, 0.15) is 5.75 Å². The minimum Gasteiger partial charge on any atom is -0.479 e. The van der Waals surface area contributed by atoms with Crippen LogP contribution in [0.4, 0.5) is 11.4 Å². The van der Waals surface area contributed by atoms with Gasteiger partial charge < -0.3 is 20.7 Å². The molecule has 0 spiro atoms. The van der Waals surface area contributed by atoms with Gasteiger partial charge in [-0.15, -0.1) is 11.3 Å². The molecule has 1 aliphatic rings. The monoisotopic (exact) mass is 345 g/mol. The summed E-state index contributed by atoms with van der Waals surface area (Å²) in [5.74, 6) is -0.350. The lowest BCUT2D eigenvalue weighted by molar-refractivity contribution is -0.122. The zero-order valence-electron chi connectivity index (χ0n) is 12.8. The van der Waals surface area contributed by atoms with Crippen molar-refractivity contribution in [2.24, 2.45) is 0 Å². The Hall–Kier alpha value is -2.87. The number of ether oxygens (including phenoxy) is 1. The van der Waals surface area contributed by atoms with E-state index in [4.69, 9.17) is 4.74 Å². The smallest absolute Gasteiger partial charge is 0.265 e. The van der Waals surface area contributed by atoms with Crippen molar-refractivity contribution in [2.75, 3.05) is 17.2 Å². The van der Waals surface area contributed by atoms with Crippen LogP contribution in [0.5, 0.6) is 5.75 Å². The van der Waals surface area contributed by atoms with E-state index < -0.39 is 6.10 Å². The van der Waals surface area contributed by atoms with E-state index in [2.05, 4.69) is 16.0 Å². The third-order valence-corrected chi connectivity index (χ3v) is 4.22. The second-order valence-corrected chi connectivity index (χ2v) is 6.12. The van der Waals surface area contributed by atoms with Gasteiger partial charge in [-0.05, 0) is 36.6 Å². The van der Waals surface area contributed by atoms with Gasteiger partial charge in [-0.3, -0.25) is 14.4 Å². The summed E-state index contributed by atoms with van der Waals surface area (Å²) >= 11 is 1.30. The highest BCUT2D eigenvalue weighted by atomic mass is 32.1. The van der Waals surface area contributed by atoms with Crippen LogP contribution in [0, 0.1) is 0 Å². The number of benzene rings is 1. The van der Waals surface area contributed by atoms with Crippen molar-refractivity contribution in [3.8, 4) is 5.75 Å². The van der Waals surface area contributed by atoms with Gasteiger partial charge in [-0.1, -0.05) is 6.07 Å². The molecular weight excluding hydrogens is 330 g/mol. The predicted molar refractivity (Wildman–Crippen MR) is 90.4 cm³/mol. The zero-order chi connectivity index (χ0) is 17.1. The summed E-state index contributed by atoms with van der Waals surface area (Å²) in [7, 11) is 0. The van der Waals surface area contributed by atoms with Crippen LogP contribution in [0.3, 0.4) is 0 Å². The molecule has 1 aromatic heterocycles. The topological polar surface area (TPSA) is 96.5 Å². The molecule has 0 saturated heterocycles. The minimum absolute atomic E-state index is 0.145. The van der Waals surface area contributed by atoms with Gasteiger partial charge in [0.05, 0.1) is 17.1 Å². The van der Waals surface area contributed by atoms with E-state index in [1.807, 2.05) is 0 Å². The lowest BCUT2D eigenvalue weighted by Crippen LogP contribution is -2.34. The number of carbonyl (C=O) groups excluding carboxylic acids is 3. The van der Waals surface area contributed by atoms with Crippen molar-refractivity contribution in [3.05, 3.63) is 40.6 Å². The molecule has 24 heavy (non-hydrogen) atoms. The van der Waals surface area contributed by atoms with Crippen molar-refractivity contribution in [3.63, 3.8) is 0 Å². The summed E-state index contributed by atoms with van der Waals surface area (Å²) in [6, 6.07) is 8.40. The number of nitrogens with one attached hydrogen (secondary N) is 3.